The summed E-state index contributed by atoms with van der Waals surface area (Å²) in [6.45, 7) is 10.2. The predicted molar refractivity (Wildman–Crippen MR) is 82.7 cm³/mol. The van der Waals surface area contributed by atoms with Gasteiger partial charge in [0.05, 0.1) is 0 Å². The minimum Gasteiger partial charge on any atom is -0.461 e. The van der Waals surface area contributed by atoms with Crippen LogP contribution in [0.5, 0.6) is 0 Å². The van der Waals surface area contributed by atoms with Crippen LogP contribution in [0.2, 0.25) is 0 Å². The molecule has 1 fully saturated rings. The minimum absolute atomic E-state index is 0.112. The van der Waals surface area contributed by atoms with E-state index in [0.29, 0.717) is 23.8 Å². The van der Waals surface area contributed by atoms with E-state index in [-0.39, 0.29) is 23.8 Å². The van der Waals surface area contributed by atoms with E-state index in [9.17, 15) is 9.59 Å². The van der Waals surface area contributed by atoms with Crippen molar-refractivity contribution in [3.63, 3.8) is 0 Å². The van der Waals surface area contributed by atoms with Crippen molar-refractivity contribution >= 4 is 11.8 Å². The molecule has 0 spiro atoms. The van der Waals surface area contributed by atoms with Crippen molar-refractivity contribution in [3.8, 4) is 0 Å². The van der Waals surface area contributed by atoms with Crippen LogP contribution in [-0.2, 0) is 14.3 Å². The first-order valence-electron chi connectivity index (χ1n) is 7.90. The van der Waals surface area contributed by atoms with Gasteiger partial charge in [-0.1, -0.05) is 38.5 Å². The molecule has 2 aliphatic carbocycles. The van der Waals surface area contributed by atoms with Crippen molar-refractivity contribution in [2.75, 3.05) is 6.61 Å². The predicted octanol–water partition coefficient (Wildman–Crippen LogP) is 3.84. The van der Waals surface area contributed by atoms with Crippen molar-refractivity contribution in [3.05, 3.63) is 23.8 Å². The molecule has 0 aromatic heterocycles. The summed E-state index contributed by atoms with van der Waals surface area (Å²) in [7, 11) is 0. The van der Waals surface area contributed by atoms with Crippen LogP contribution in [0.3, 0.4) is 0 Å². The van der Waals surface area contributed by atoms with Gasteiger partial charge in [-0.15, -0.1) is 0 Å². The molecule has 2 rings (SSSR count). The molecule has 0 aromatic carbocycles. The molecule has 0 bridgehead atoms. The molecule has 0 saturated heterocycles. The molecule has 116 valence electrons. The maximum Gasteiger partial charge on any atom is 0.302 e. The van der Waals surface area contributed by atoms with Gasteiger partial charge in [-0.25, -0.2) is 0 Å². The molecule has 0 N–H and O–H groups in total. The lowest BCUT2D eigenvalue weighted by Gasteiger charge is -2.54. The summed E-state index contributed by atoms with van der Waals surface area (Å²) < 4.78 is 5.02. The molecule has 0 heterocycles. The van der Waals surface area contributed by atoms with E-state index < -0.39 is 0 Å². The molecule has 3 atom stereocenters. The lowest BCUT2D eigenvalue weighted by Crippen LogP contribution is -2.47. The normalized spacial score (nSPS) is 33.0. The Balaban J connectivity index is 2.15. The molecule has 3 nitrogen and oxygen atoms in total. The third-order valence-electron chi connectivity index (χ3n) is 5.45. The number of allylic oxidation sites excluding steroid dienone is 2. The number of hydrogen-bond acceptors (Lipinski definition) is 3. The van der Waals surface area contributed by atoms with Gasteiger partial charge in [-0.2, -0.15) is 0 Å². The Morgan fingerprint density at radius 2 is 2.24 bits per heavy atom. The monoisotopic (exact) mass is 290 g/mol. The average Bonchev–Trinajstić information content (AvgIpc) is 2.48. The highest BCUT2D eigenvalue weighted by Gasteiger charge is 2.50. The lowest BCUT2D eigenvalue weighted by molar-refractivity contribution is -0.140. The zero-order valence-corrected chi connectivity index (χ0v) is 13.4. The standard InChI is InChI=1S/C18H26O3/c1-5-18(4)10-15-12(2)7-6-8-14(11-21-13(3)19)17(20)9-16(15)18/h8,15-16H,2,5-7,9-11H2,1,3-4H3. The first-order valence-corrected chi connectivity index (χ1v) is 7.90. The van der Waals surface area contributed by atoms with Gasteiger partial charge in [-0.05, 0) is 36.5 Å². The Hall–Kier alpha value is -1.38. The van der Waals surface area contributed by atoms with Gasteiger partial charge in [-0.3, -0.25) is 9.59 Å². The molecule has 0 aliphatic heterocycles. The summed E-state index contributed by atoms with van der Waals surface area (Å²) in [4.78, 5) is 23.5. The Labute approximate surface area is 127 Å². The van der Waals surface area contributed by atoms with Crippen molar-refractivity contribution in [2.45, 2.75) is 52.9 Å². The number of Topliss-reactive ketones (excluding diaryl/α,β-unsaturated/α-hetero) is 1. The zero-order chi connectivity index (χ0) is 15.6. The van der Waals surface area contributed by atoms with E-state index in [1.54, 1.807) is 0 Å². The molecule has 3 heteroatoms. The second-order valence-electron chi connectivity index (χ2n) is 6.76. The summed E-state index contributed by atoms with van der Waals surface area (Å²) >= 11 is 0. The molecule has 0 amide bonds. The molecule has 0 aromatic rings. The lowest BCUT2D eigenvalue weighted by atomic mass is 9.50. The Morgan fingerprint density at radius 1 is 1.52 bits per heavy atom. The fourth-order valence-corrected chi connectivity index (χ4v) is 3.73. The Morgan fingerprint density at radius 3 is 2.86 bits per heavy atom. The Bertz CT molecular complexity index is 489. The van der Waals surface area contributed by atoms with E-state index >= 15 is 0 Å². The van der Waals surface area contributed by atoms with Gasteiger partial charge in [0.2, 0.25) is 0 Å². The van der Waals surface area contributed by atoms with Crippen molar-refractivity contribution in [1.29, 1.82) is 0 Å². The van der Waals surface area contributed by atoms with Gasteiger partial charge >= 0.3 is 5.97 Å². The smallest absolute Gasteiger partial charge is 0.302 e. The fraction of sp³-hybridized carbons (Fsp3) is 0.667. The van der Waals surface area contributed by atoms with E-state index in [0.717, 1.165) is 25.7 Å². The largest absolute Gasteiger partial charge is 0.461 e. The fourth-order valence-electron chi connectivity index (χ4n) is 3.73. The molecular formula is C18H26O3. The summed E-state index contributed by atoms with van der Waals surface area (Å²) in [5.41, 5.74) is 2.19. The topological polar surface area (TPSA) is 43.4 Å². The number of ether oxygens (including phenoxy) is 1. The van der Waals surface area contributed by atoms with Crippen LogP contribution in [-0.4, -0.2) is 18.4 Å². The summed E-state index contributed by atoms with van der Waals surface area (Å²) in [5, 5.41) is 0. The number of carbonyl (C=O) groups is 2. The number of ketones is 1. The number of fused-ring (bicyclic) bond motifs is 1. The maximum absolute atomic E-state index is 12.5. The van der Waals surface area contributed by atoms with Crippen LogP contribution in [0.25, 0.3) is 0 Å². The first kappa shape index (κ1) is 16.0. The molecule has 0 radical (unpaired) electrons. The highest BCUT2D eigenvalue weighted by Crippen LogP contribution is 2.58. The van der Waals surface area contributed by atoms with Crippen LogP contribution in [0.4, 0.5) is 0 Å². The van der Waals surface area contributed by atoms with Crippen LogP contribution < -0.4 is 0 Å². The molecule has 2 aliphatic rings. The van der Waals surface area contributed by atoms with E-state index in [1.807, 2.05) is 6.08 Å². The van der Waals surface area contributed by atoms with Crippen molar-refractivity contribution in [2.24, 2.45) is 17.3 Å². The quantitative estimate of drug-likeness (QED) is 0.586. The second kappa shape index (κ2) is 6.17. The second-order valence-corrected chi connectivity index (χ2v) is 6.76. The maximum atomic E-state index is 12.5. The Kier molecular flexibility index (Phi) is 4.70. The third kappa shape index (κ3) is 3.28. The summed E-state index contributed by atoms with van der Waals surface area (Å²) in [6, 6.07) is 0. The molecule has 1 saturated carbocycles. The highest BCUT2D eigenvalue weighted by atomic mass is 16.5. The van der Waals surface area contributed by atoms with Gasteiger partial charge in [0, 0.05) is 18.9 Å². The molecule has 3 unspecified atom stereocenters. The number of esters is 1. The van der Waals surface area contributed by atoms with Gasteiger partial charge in [0.25, 0.3) is 0 Å². The third-order valence-corrected chi connectivity index (χ3v) is 5.45. The zero-order valence-electron chi connectivity index (χ0n) is 13.4. The molecular weight excluding hydrogens is 264 g/mol. The van der Waals surface area contributed by atoms with E-state index in [1.165, 1.54) is 12.5 Å². The van der Waals surface area contributed by atoms with Crippen molar-refractivity contribution in [1.82, 2.24) is 0 Å². The van der Waals surface area contributed by atoms with Crippen LogP contribution in [0.15, 0.2) is 23.8 Å². The van der Waals surface area contributed by atoms with Crippen molar-refractivity contribution < 1.29 is 14.3 Å². The summed E-state index contributed by atoms with van der Waals surface area (Å²) in [6.07, 6.45) is 6.48. The number of hydrogen-bond donors (Lipinski definition) is 0. The minimum atomic E-state index is -0.340. The van der Waals surface area contributed by atoms with Gasteiger partial charge < -0.3 is 4.74 Å². The number of rotatable bonds is 3. The van der Waals surface area contributed by atoms with Crippen LogP contribution in [0.1, 0.15) is 52.9 Å². The number of carbonyl (C=O) groups excluding carboxylic acids is 2. The molecule has 21 heavy (non-hydrogen) atoms. The van der Waals surface area contributed by atoms with E-state index in [4.69, 9.17) is 4.74 Å². The van der Waals surface area contributed by atoms with Gasteiger partial charge in [0.1, 0.15) is 6.61 Å². The highest BCUT2D eigenvalue weighted by molar-refractivity contribution is 5.96. The SMILES string of the molecule is C=C1CCC=C(COC(C)=O)C(=O)CC2C1CC2(C)CC. The van der Waals surface area contributed by atoms with Crippen LogP contribution in [0, 0.1) is 17.3 Å². The average molecular weight is 290 g/mol. The van der Waals surface area contributed by atoms with Crippen LogP contribution >= 0.6 is 0 Å². The summed E-state index contributed by atoms with van der Waals surface area (Å²) in [5.74, 6) is 0.676. The first-order chi connectivity index (χ1) is 9.87. The van der Waals surface area contributed by atoms with Gasteiger partial charge in [0.15, 0.2) is 5.78 Å². The van der Waals surface area contributed by atoms with E-state index in [2.05, 4.69) is 20.4 Å².